The number of nitrogens with zero attached hydrogens (tertiary/aromatic N) is 1. The third kappa shape index (κ3) is 4.04. The summed E-state index contributed by atoms with van der Waals surface area (Å²) in [6.45, 7) is -0.412. The van der Waals surface area contributed by atoms with Gasteiger partial charge in [0.15, 0.2) is 6.61 Å². The van der Waals surface area contributed by atoms with Gasteiger partial charge in [-0.3, -0.25) is 19.3 Å². The molecule has 1 heterocycles. The second kappa shape index (κ2) is 8.45. The van der Waals surface area contributed by atoms with E-state index in [1.165, 1.54) is 5.56 Å². The van der Waals surface area contributed by atoms with Crippen molar-refractivity contribution in [2.75, 3.05) is 13.2 Å². The van der Waals surface area contributed by atoms with Crippen LogP contribution in [0, 0.1) is 0 Å². The Balaban J connectivity index is 1.22. The van der Waals surface area contributed by atoms with Crippen LogP contribution in [0.25, 0.3) is 0 Å². The van der Waals surface area contributed by atoms with Crippen molar-refractivity contribution in [3.8, 4) is 0 Å². The van der Waals surface area contributed by atoms with Crippen molar-refractivity contribution in [2.24, 2.45) is 0 Å². The van der Waals surface area contributed by atoms with Crippen molar-refractivity contribution in [1.82, 2.24) is 15.5 Å². The smallest absolute Gasteiger partial charge is 0.325 e. The fraction of sp³-hybridized carbons (Fsp3) is 0.545. The van der Waals surface area contributed by atoms with Gasteiger partial charge in [0.25, 0.3) is 11.8 Å². The molecule has 160 valence electrons. The number of carbonyl (C=O) groups is 4. The molecule has 0 bridgehead atoms. The van der Waals surface area contributed by atoms with Crippen molar-refractivity contribution in [2.45, 2.75) is 62.9 Å². The summed E-state index contributed by atoms with van der Waals surface area (Å²) in [4.78, 5) is 50.1. The highest BCUT2D eigenvalue weighted by molar-refractivity contribution is 6.07. The van der Waals surface area contributed by atoms with Crippen molar-refractivity contribution in [1.29, 1.82) is 0 Å². The van der Waals surface area contributed by atoms with Crippen molar-refractivity contribution in [3.05, 3.63) is 35.4 Å². The van der Waals surface area contributed by atoms with E-state index in [1.54, 1.807) is 0 Å². The molecule has 2 aliphatic carbocycles. The lowest BCUT2D eigenvalue weighted by Crippen LogP contribution is -2.44. The second-order valence-corrected chi connectivity index (χ2v) is 8.30. The third-order valence-electron chi connectivity index (χ3n) is 6.31. The van der Waals surface area contributed by atoms with Crippen LogP contribution >= 0.6 is 0 Å². The largest absolute Gasteiger partial charge is 0.456 e. The number of hydrogen-bond donors (Lipinski definition) is 2. The fourth-order valence-electron chi connectivity index (χ4n) is 4.76. The molecule has 4 rings (SSSR count). The van der Waals surface area contributed by atoms with E-state index in [2.05, 4.69) is 16.7 Å². The van der Waals surface area contributed by atoms with Gasteiger partial charge in [-0.25, -0.2) is 4.79 Å². The first-order valence-electron chi connectivity index (χ1n) is 10.7. The van der Waals surface area contributed by atoms with Crippen LogP contribution in [0.5, 0.6) is 0 Å². The Labute approximate surface area is 175 Å². The topological polar surface area (TPSA) is 105 Å². The summed E-state index contributed by atoms with van der Waals surface area (Å²) in [5, 5.41) is 5.71. The number of hydrogen-bond acceptors (Lipinski definition) is 5. The zero-order valence-corrected chi connectivity index (χ0v) is 16.9. The molecule has 4 amide bonds. The van der Waals surface area contributed by atoms with Gasteiger partial charge in [0, 0.05) is 6.54 Å². The van der Waals surface area contributed by atoms with E-state index < -0.39 is 17.5 Å². The van der Waals surface area contributed by atoms with Crippen LogP contribution in [0.1, 0.15) is 62.1 Å². The van der Waals surface area contributed by atoms with Gasteiger partial charge in [-0.15, -0.1) is 0 Å². The minimum atomic E-state index is -0.781. The minimum Gasteiger partial charge on any atom is -0.456 e. The summed E-state index contributed by atoms with van der Waals surface area (Å²) in [5.74, 6) is -1.22. The van der Waals surface area contributed by atoms with Gasteiger partial charge in [-0.2, -0.15) is 0 Å². The number of nitrogens with one attached hydrogen (secondary N) is 2. The molecule has 3 aliphatic rings. The Morgan fingerprint density at radius 1 is 1.17 bits per heavy atom. The van der Waals surface area contributed by atoms with Crippen LogP contribution in [0.3, 0.4) is 0 Å². The van der Waals surface area contributed by atoms with E-state index in [0.29, 0.717) is 12.8 Å². The lowest BCUT2D eigenvalue weighted by atomic mass is 9.88. The highest BCUT2D eigenvalue weighted by Gasteiger charge is 2.52. The average Bonchev–Trinajstić information content (AvgIpc) is 3.30. The molecule has 1 atom stereocenters. The first-order valence-corrected chi connectivity index (χ1v) is 10.7. The van der Waals surface area contributed by atoms with Gasteiger partial charge in [-0.05, 0) is 43.2 Å². The number of benzene rings is 1. The lowest BCUT2D eigenvalue weighted by molar-refractivity contribution is -0.149. The zero-order chi connectivity index (χ0) is 21.1. The maximum atomic E-state index is 12.6. The molecule has 1 aromatic carbocycles. The molecule has 2 N–H and O–H groups in total. The lowest BCUT2D eigenvalue weighted by Gasteiger charge is -2.26. The molecule has 30 heavy (non-hydrogen) atoms. The third-order valence-corrected chi connectivity index (χ3v) is 6.31. The van der Waals surface area contributed by atoms with Gasteiger partial charge in [0.2, 0.25) is 0 Å². The molecule has 2 fully saturated rings. The molecule has 1 aromatic rings. The zero-order valence-electron chi connectivity index (χ0n) is 16.9. The van der Waals surface area contributed by atoms with Crippen molar-refractivity contribution in [3.63, 3.8) is 0 Å². The number of esters is 1. The molecule has 1 saturated carbocycles. The Bertz CT molecular complexity index is 862. The number of fused-ring (bicyclic) bond motifs is 1. The van der Waals surface area contributed by atoms with Crippen LogP contribution in [-0.2, 0) is 25.5 Å². The van der Waals surface area contributed by atoms with Crippen LogP contribution in [0.4, 0.5) is 4.79 Å². The van der Waals surface area contributed by atoms with Crippen LogP contribution in [-0.4, -0.2) is 47.4 Å². The quantitative estimate of drug-likeness (QED) is 0.548. The first kappa shape index (κ1) is 20.4. The number of urea groups is 1. The highest BCUT2D eigenvalue weighted by Crippen LogP contribution is 2.35. The number of imide groups is 1. The van der Waals surface area contributed by atoms with Gasteiger partial charge >= 0.3 is 12.0 Å². The number of rotatable bonds is 6. The van der Waals surface area contributed by atoms with E-state index in [-0.39, 0.29) is 37.4 Å². The monoisotopic (exact) mass is 413 g/mol. The number of aryl methyl sites for hydroxylation is 1. The number of carbonyl (C=O) groups excluding carboxylic acids is 4. The maximum absolute atomic E-state index is 12.6. The number of ether oxygens (including phenoxy) is 1. The molecule has 8 heteroatoms. The van der Waals surface area contributed by atoms with E-state index in [4.69, 9.17) is 4.74 Å². The predicted molar refractivity (Wildman–Crippen MR) is 107 cm³/mol. The van der Waals surface area contributed by atoms with E-state index in [9.17, 15) is 19.2 Å². The highest BCUT2D eigenvalue weighted by atomic mass is 16.5. The summed E-state index contributed by atoms with van der Waals surface area (Å²) in [6.07, 6.45) is 5.81. The molecule has 8 nitrogen and oxygen atoms in total. The summed E-state index contributed by atoms with van der Waals surface area (Å²) < 4.78 is 5.06. The van der Waals surface area contributed by atoms with E-state index in [1.807, 2.05) is 18.2 Å². The SMILES string of the molecule is O=C(COC(=O)CCN1C(=O)NC2(CCCC2)C1=O)N[C@H]1CCCc2ccccc21. The predicted octanol–water partition coefficient (Wildman–Crippen LogP) is 1.98. The standard InChI is InChI=1S/C22H27N3O5/c26-18(23-17-9-5-7-15-6-1-2-8-16(15)17)14-30-19(27)10-13-25-20(28)22(24-21(25)29)11-3-4-12-22/h1-2,6,8,17H,3-5,7,9-14H2,(H,23,26)(H,24,29)/t17-/m0/s1. The van der Waals surface area contributed by atoms with Crippen LogP contribution in [0.15, 0.2) is 24.3 Å². The van der Waals surface area contributed by atoms with Crippen LogP contribution < -0.4 is 10.6 Å². The maximum Gasteiger partial charge on any atom is 0.325 e. The Hall–Kier alpha value is -2.90. The average molecular weight is 413 g/mol. The Morgan fingerprint density at radius 2 is 1.93 bits per heavy atom. The summed E-state index contributed by atoms with van der Waals surface area (Å²) in [5.41, 5.74) is 1.57. The Kier molecular flexibility index (Phi) is 5.74. The summed E-state index contributed by atoms with van der Waals surface area (Å²) in [6, 6.07) is 7.50. The van der Waals surface area contributed by atoms with Gasteiger partial charge in [0.05, 0.1) is 12.5 Å². The van der Waals surface area contributed by atoms with Gasteiger partial charge < -0.3 is 15.4 Å². The number of amides is 4. The molecule has 1 saturated heterocycles. The fourth-order valence-corrected chi connectivity index (χ4v) is 4.76. The van der Waals surface area contributed by atoms with Crippen molar-refractivity contribution < 1.29 is 23.9 Å². The molecular weight excluding hydrogens is 386 g/mol. The van der Waals surface area contributed by atoms with Gasteiger partial charge in [0.1, 0.15) is 5.54 Å². The second-order valence-electron chi connectivity index (χ2n) is 8.30. The summed E-state index contributed by atoms with van der Waals surface area (Å²) >= 11 is 0. The van der Waals surface area contributed by atoms with E-state index >= 15 is 0 Å². The molecule has 0 radical (unpaired) electrons. The van der Waals surface area contributed by atoms with Crippen LogP contribution in [0.2, 0.25) is 0 Å². The normalized spacial score (nSPS) is 22.0. The summed E-state index contributed by atoms with van der Waals surface area (Å²) in [7, 11) is 0. The molecule has 1 aliphatic heterocycles. The minimum absolute atomic E-state index is 0.0388. The molecule has 0 aromatic heterocycles. The van der Waals surface area contributed by atoms with E-state index in [0.717, 1.165) is 42.6 Å². The molecule has 1 spiro atoms. The molecular formula is C22H27N3O5. The molecule has 0 unspecified atom stereocenters. The first-order chi connectivity index (χ1) is 14.5. The Morgan fingerprint density at radius 3 is 2.73 bits per heavy atom. The van der Waals surface area contributed by atoms with Gasteiger partial charge in [-0.1, -0.05) is 37.1 Å². The van der Waals surface area contributed by atoms with Crippen molar-refractivity contribution >= 4 is 23.8 Å².